The van der Waals surface area contributed by atoms with Gasteiger partial charge >= 0.3 is 0 Å². The van der Waals surface area contributed by atoms with Crippen LogP contribution in [-0.2, 0) is 6.42 Å². The van der Waals surface area contributed by atoms with Gasteiger partial charge in [-0.15, -0.1) is 0 Å². The second-order valence-electron chi connectivity index (χ2n) is 6.04. The predicted octanol–water partition coefficient (Wildman–Crippen LogP) is 0.554. The molecule has 6 heteroatoms. The van der Waals surface area contributed by atoms with Crippen LogP contribution >= 0.6 is 0 Å². The zero-order valence-electron chi connectivity index (χ0n) is 14.4. The molecular weight excluding hydrogens is 288 g/mol. The summed E-state index contributed by atoms with van der Waals surface area (Å²) in [5.41, 5.74) is 7.02. The van der Waals surface area contributed by atoms with E-state index in [1.54, 1.807) is 0 Å². The van der Waals surface area contributed by atoms with Crippen molar-refractivity contribution in [2.24, 2.45) is 10.7 Å². The molecule has 0 spiro atoms. The summed E-state index contributed by atoms with van der Waals surface area (Å²) in [6.07, 6.45) is 2.67. The summed E-state index contributed by atoms with van der Waals surface area (Å²) in [5, 5.41) is 3.17. The van der Waals surface area contributed by atoms with Crippen LogP contribution in [-0.4, -0.2) is 72.6 Å². The number of likely N-dealkylation sites (N-methyl/N-ethyl adjacent to an activating group) is 1. The summed E-state index contributed by atoms with van der Waals surface area (Å²) in [5.74, 6) is 0.528. The summed E-state index contributed by atoms with van der Waals surface area (Å²) in [6.45, 7) is 11.7. The third kappa shape index (κ3) is 6.15. The third-order valence-corrected chi connectivity index (χ3v) is 4.42. The van der Waals surface area contributed by atoms with Crippen molar-refractivity contribution < 1.29 is 0 Å². The molecular formula is C17H30N6. The number of pyridine rings is 1. The van der Waals surface area contributed by atoms with Gasteiger partial charge in [0.05, 0.1) is 6.54 Å². The Morgan fingerprint density at radius 3 is 2.78 bits per heavy atom. The van der Waals surface area contributed by atoms with E-state index < -0.39 is 0 Å². The average molecular weight is 318 g/mol. The standard InChI is InChI=1S/C17H30N6/c1-3-22-10-12-23(13-11-22)15(2)14-21-17(18)20-9-7-16-6-4-5-8-19-16/h4-6,8,15H,3,7,9-14H2,1-2H3,(H3,18,20,21). The molecule has 1 aliphatic rings. The van der Waals surface area contributed by atoms with E-state index in [0.717, 1.165) is 57.9 Å². The monoisotopic (exact) mass is 318 g/mol. The largest absolute Gasteiger partial charge is 0.370 e. The molecule has 23 heavy (non-hydrogen) atoms. The van der Waals surface area contributed by atoms with E-state index in [-0.39, 0.29) is 0 Å². The molecule has 0 radical (unpaired) electrons. The maximum absolute atomic E-state index is 5.95. The van der Waals surface area contributed by atoms with Gasteiger partial charge in [-0.1, -0.05) is 13.0 Å². The number of rotatable bonds is 7. The lowest BCUT2D eigenvalue weighted by molar-refractivity contribution is 0.109. The highest BCUT2D eigenvalue weighted by molar-refractivity contribution is 5.77. The van der Waals surface area contributed by atoms with Gasteiger partial charge in [-0.25, -0.2) is 0 Å². The number of guanidine groups is 1. The minimum Gasteiger partial charge on any atom is -0.370 e. The van der Waals surface area contributed by atoms with E-state index in [2.05, 4.69) is 38.9 Å². The van der Waals surface area contributed by atoms with Gasteiger partial charge in [-0.2, -0.15) is 0 Å². The second-order valence-corrected chi connectivity index (χ2v) is 6.04. The van der Waals surface area contributed by atoms with Gasteiger partial charge in [-0.05, 0) is 25.6 Å². The Labute approximate surface area is 139 Å². The highest BCUT2D eigenvalue weighted by Crippen LogP contribution is 2.06. The fraction of sp³-hybridized carbons (Fsp3) is 0.647. The summed E-state index contributed by atoms with van der Waals surface area (Å²) >= 11 is 0. The lowest BCUT2D eigenvalue weighted by atomic mass is 10.2. The number of aromatic nitrogens is 1. The van der Waals surface area contributed by atoms with Crippen LogP contribution in [0.15, 0.2) is 29.4 Å². The van der Waals surface area contributed by atoms with Gasteiger partial charge < -0.3 is 16.0 Å². The first-order valence-corrected chi connectivity index (χ1v) is 8.59. The lowest BCUT2D eigenvalue weighted by Gasteiger charge is -2.37. The molecule has 0 aromatic carbocycles. The Balaban J connectivity index is 1.65. The molecule has 0 aliphatic carbocycles. The molecule has 1 fully saturated rings. The van der Waals surface area contributed by atoms with Gasteiger partial charge in [0.2, 0.25) is 0 Å². The molecule has 1 atom stereocenters. The topological polar surface area (TPSA) is 69.8 Å². The number of hydrogen-bond donors (Lipinski definition) is 2. The van der Waals surface area contributed by atoms with Crippen molar-refractivity contribution >= 4 is 5.96 Å². The maximum Gasteiger partial charge on any atom is 0.188 e. The second kappa shape index (κ2) is 9.47. The zero-order valence-corrected chi connectivity index (χ0v) is 14.4. The molecule has 1 unspecified atom stereocenters. The molecule has 1 aliphatic heterocycles. The Morgan fingerprint density at radius 1 is 1.35 bits per heavy atom. The number of hydrogen-bond acceptors (Lipinski definition) is 4. The minimum absolute atomic E-state index is 0.435. The first kappa shape index (κ1) is 17.7. The first-order chi connectivity index (χ1) is 11.2. The smallest absolute Gasteiger partial charge is 0.188 e. The Kier molecular flexibility index (Phi) is 7.29. The molecule has 3 N–H and O–H groups in total. The molecule has 128 valence electrons. The summed E-state index contributed by atoms with van der Waals surface area (Å²) in [6, 6.07) is 6.38. The number of piperazine rings is 1. The molecule has 0 amide bonds. The van der Waals surface area contributed by atoms with E-state index in [0.29, 0.717) is 12.0 Å². The quantitative estimate of drug-likeness (QED) is 0.568. The van der Waals surface area contributed by atoms with Crippen LogP contribution in [0, 0.1) is 0 Å². The van der Waals surface area contributed by atoms with Gasteiger partial charge in [0, 0.05) is 57.1 Å². The highest BCUT2D eigenvalue weighted by Gasteiger charge is 2.19. The first-order valence-electron chi connectivity index (χ1n) is 8.59. The summed E-state index contributed by atoms with van der Waals surface area (Å²) in [4.78, 5) is 13.8. The Morgan fingerprint density at radius 2 is 2.13 bits per heavy atom. The molecule has 0 saturated carbocycles. The van der Waals surface area contributed by atoms with Crippen LogP contribution in [0.5, 0.6) is 0 Å². The van der Waals surface area contributed by atoms with Crippen LogP contribution in [0.1, 0.15) is 19.5 Å². The highest BCUT2D eigenvalue weighted by atomic mass is 15.3. The molecule has 2 rings (SSSR count). The van der Waals surface area contributed by atoms with Crippen LogP contribution in [0.2, 0.25) is 0 Å². The zero-order chi connectivity index (χ0) is 16.5. The van der Waals surface area contributed by atoms with Gasteiger partial charge in [0.15, 0.2) is 5.96 Å². The van der Waals surface area contributed by atoms with E-state index in [1.165, 1.54) is 0 Å². The molecule has 1 saturated heterocycles. The Bertz CT molecular complexity index is 467. The van der Waals surface area contributed by atoms with Crippen LogP contribution in [0.3, 0.4) is 0 Å². The van der Waals surface area contributed by atoms with Gasteiger partial charge in [0.25, 0.3) is 0 Å². The van der Waals surface area contributed by atoms with Crippen LogP contribution in [0.4, 0.5) is 0 Å². The van der Waals surface area contributed by atoms with Crippen LogP contribution in [0.25, 0.3) is 0 Å². The predicted molar refractivity (Wildman–Crippen MR) is 95.6 cm³/mol. The molecule has 1 aromatic heterocycles. The molecule has 2 heterocycles. The SMILES string of the molecule is CCN1CCN(C(C)CN=C(N)NCCc2ccccn2)CC1. The number of aliphatic imine (C=N–C) groups is 1. The van der Waals surface area contributed by atoms with E-state index in [1.807, 2.05) is 24.4 Å². The number of nitrogens with two attached hydrogens (primary N) is 1. The lowest BCUT2D eigenvalue weighted by Crippen LogP contribution is -2.50. The minimum atomic E-state index is 0.435. The fourth-order valence-electron chi connectivity index (χ4n) is 2.79. The maximum atomic E-state index is 5.95. The summed E-state index contributed by atoms with van der Waals surface area (Å²) < 4.78 is 0. The van der Waals surface area contributed by atoms with Crippen molar-refractivity contribution in [1.82, 2.24) is 20.1 Å². The van der Waals surface area contributed by atoms with E-state index >= 15 is 0 Å². The Hall–Kier alpha value is -1.66. The average Bonchev–Trinajstić information content (AvgIpc) is 2.60. The third-order valence-electron chi connectivity index (χ3n) is 4.42. The normalized spacial score (nSPS) is 18.8. The fourth-order valence-corrected chi connectivity index (χ4v) is 2.79. The van der Waals surface area contributed by atoms with Crippen LogP contribution < -0.4 is 11.1 Å². The van der Waals surface area contributed by atoms with Gasteiger partial charge in [0.1, 0.15) is 0 Å². The van der Waals surface area contributed by atoms with E-state index in [9.17, 15) is 0 Å². The van der Waals surface area contributed by atoms with Crippen molar-refractivity contribution in [3.05, 3.63) is 30.1 Å². The van der Waals surface area contributed by atoms with Gasteiger partial charge in [-0.3, -0.25) is 14.9 Å². The van der Waals surface area contributed by atoms with Crippen molar-refractivity contribution in [3.63, 3.8) is 0 Å². The van der Waals surface area contributed by atoms with Crippen molar-refractivity contribution in [3.8, 4) is 0 Å². The van der Waals surface area contributed by atoms with Crippen molar-refractivity contribution in [2.45, 2.75) is 26.3 Å². The molecule has 0 bridgehead atoms. The molecule has 1 aromatic rings. The number of nitrogens with zero attached hydrogens (tertiary/aromatic N) is 4. The van der Waals surface area contributed by atoms with Crippen molar-refractivity contribution in [2.75, 3.05) is 45.8 Å². The molecule has 6 nitrogen and oxygen atoms in total. The summed E-state index contributed by atoms with van der Waals surface area (Å²) in [7, 11) is 0. The van der Waals surface area contributed by atoms with E-state index in [4.69, 9.17) is 5.73 Å². The van der Waals surface area contributed by atoms with Crippen molar-refractivity contribution in [1.29, 1.82) is 0 Å². The number of nitrogens with one attached hydrogen (secondary N) is 1.